The zero-order valence-electron chi connectivity index (χ0n) is 16.9. The van der Waals surface area contributed by atoms with Crippen molar-refractivity contribution in [2.24, 2.45) is 0 Å². The standard InChI is InChI=1S/C23H30O2S2Si/c1-22(24-16-17-25-22)14-15-23(26-18-9-19-27-23)28(2,20-10-5-3-6-11-20)21-12-7-4-8-13-21/h3-8,10-13H,9,14-19H2,1-2H3. The first-order valence-electron chi connectivity index (χ1n) is 10.2. The van der Waals surface area contributed by atoms with E-state index in [1.807, 2.05) is 0 Å². The van der Waals surface area contributed by atoms with Crippen molar-refractivity contribution in [1.82, 2.24) is 0 Å². The van der Waals surface area contributed by atoms with Crippen molar-refractivity contribution >= 4 is 42.0 Å². The fourth-order valence-electron chi connectivity index (χ4n) is 4.50. The van der Waals surface area contributed by atoms with E-state index >= 15 is 0 Å². The lowest BCUT2D eigenvalue weighted by molar-refractivity contribution is -0.147. The molecule has 28 heavy (non-hydrogen) atoms. The number of hydrogen-bond acceptors (Lipinski definition) is 4. The minimum Gasteiger partial charge on any atom is -0.348 e. The van der Waals surface area contributed by atoms with Gasteiger partial charge >= 0.3 is 0 Å². The van der Waals surface area contributed by atoms with E-state index in [4.69, 9.17) is 9.47 Å². The monoisotopic (exact) mass is 430 g/mol. The quantitative estimate of drug-likeness (QED) is 0.627. The topological polar surface area (TPSA) is 18.5 Å². The summed E-state index contributed by atoms with van der Waals surface area (Å²) in [5, 5.41) is 3.06. The molecule has 2 nitrogen and oxygen atoms in total. The molecule has 150 valence electrons. The molecule has 2 aliphatic heterocycles. The van der Waals surface area contributed by atoms with Crippen LogP contribution in [0.25, 0.3) is 0 Å². The highest BCUT2D eigenvalue weighted by Crippen LogP contribution is 2.52. The van der Waals surface area contributed by atoms with Crippen molar-refractivity contribution in [3.63, 3.8) is 0 Å². The third kappa shape index (κ3) is 3.84. The molecule has 4 rings (SSSR count). The molecule has 0 amide bonds. The molecular formula is C23H30O2S2Si. The van der Waals surface area contributed by atoms with E-state index in [1.54, 1.807) is 0 Å². The van der Waals surface area contributed by atoms with Crippen LogP contribution in [-0.4, -0.2) is 42.3 Å². The van der Waals surface area contributed by atoms with Crippen LogP contribution in [0.1, 0.15) is 26.2 Å². The van der Waals surface area contributed by atoms with E-state index in [2.05, 4.69) is 97.7 Å². The minimum atomic E-state index is -2.04. The number of benzene rings is 2. The molecule has 2 saturated heterocycles. The predicted octanol–water partition coefficient (Wildman–Crippen LogP) is 4.53. The Morgan fingerprint density at radius 3 is 1.82 bits per heavy atom. The molecule has 0 aliphatic carbocycles. The van der Waals surface area contributed by atoms with E-state index < -0.39 is 13.9 Å². The summed E-state index contributed by atoms with van der Waals surface area (Å²) in [4.78, 5) is 0. The van der Waals surface area contributed by atoms with Gasteiger partial charge in [0.2, 0.25) is 0 Å². The predicted molar refractivity (Wildman–Crippen MR) is 126 cm³/mol. The maximum atomic E-state index is 5.98. The number of thioether (sulfide) groups is 2. The van der Waals surface area contributed by atoms with E-state index in [0.717, 1.165) is 26.1 Å². The highest BCUT2D eigenvalue weighted by Gasteiger charge is 2.54. The van der Waals surface area contributed by atoms with Gasteiger partial charge in [0.1, 0.15) is 8.07 Å². The fourth-order valence-corrected chi connectivity index (χ4v) is 15.1. The van der Waals surface area contributed by atoms with Crippen molar-refractivity contribution in [3.8, 4) is 0 Å². The molecule has 0 radical (unpaired) electrons. The molecule has 2 aromatic carbocycles. The van der Waals surface area contributed by atoms with Gasteiger partial charge in [0.05, 0.1) is 16.9 Å². The maximum absolute atomic E-state index is 5.98. The third-order valence-corrected chi connectivity index (χ3v) is 17.3. The van der Waals surface area contributed by atoms with Gasteiger partial charge in [-0.3, -0.25) is 0 Å². The van der Waals surface area contributed by atoms with Crippen molar-refractivity contribution in [2.45, 2.75) is 42.2 Å². The Bertz CT molecular complexity index is 717. The number of rotatable bonds is 6. The zero-order valence-corrected chi connectivity index (χ0v) is 19.5. The summed E-state index contributed by atoms with van der Waals surface area (Å²) < 4.78 is 12.1. The molecule has 2 heterocycles. The largest absolute Gasteiger partial charge is 0.348 e. The Morgan fingerprint density at radius 1 is 0.821 bits per heavy atom. The molecule has 0 unspecified atom stereocenters. The van der Waals surface area contributed by atoms with Crippen molar-refractivity contribution in [1.29, 1.82) is 0 Å². The summed E-state index contributed by atoms with van der Waals surface area (Å²) in [6.07, 6.45) is 3.37. The summed E-state index contributed by atoms with van der Waals surface area (Å²) in [7, 11) is -2.04. The lowest BCUT2D eigenvalue weighted by atomic mass is 10.2. The Balaban J connectivity index is 1.78. The lowest BCUT2D eigenvalue weighted by Gasteiger charge is -2.50. The van der Waals surface area contributed by atoms with Gasteiger partial charge in [0.25, 0.3) is 0 Å². The summed E-state index contributed by atoms with van der Waals surface area (Å²) in [6.45, 7) is 6.14. The Morgan fingerprint density at radius 2 is 1.32 bits per heavy atom. The Labute approximate surface area is 178 Å². The fraction of sp³-hybridized carbons (Fsp3) is 0.478. The van der Waals surface area contributed by atoms with Gasteiger partial charge in [-0.2, -0.15) is 0 Å². The number of ether oxygens (including phenoxy) is 2. The summed E-state index contributed by atoms with van der Waals surface area (Å²) in [5.74, 6) is 2.07. The van der Waals surface area contributed by atoms with Gasteiger partial charge in [-0.25, -0.2) is 0 Å². The Hall–Kier alpha value is -0.723. The van der Waals surface area contributed by atoms with Crippen molar-refractivity contribution in [3.05, 3.63) is 60.7 Å². The van der Waals surface area contributed by atoms with Crippen LogP contribution in [0.15, 0.2) is 60.7 Å². The summed E-state index contributed by atoms with van der Waals surface area (Å²) in [6, 6.07) is 22.6. The first-order chi connectivity index (χ1) is 13.6. The molecule has 0 aromatic heterocycles. The smallest absolute Gasteiger partial charge is 0.165 e. The van der Waals surface area contributed by atoms with Crippen molar-refractivity contribution in [2.75, 3.05) is 24.7 Å². The van der Waals surface area contributed by atoms with Crippen LogP contribution >= 0.6 is 23.5 Å². The average molecular weight is 431 g/mol. The highest BCUT2D eigenvalue weighted by molar-refractivity contribution is 8.21. The van der Waals surface area contributed by atoms with Crippen LogP contribution in [0.2, 0.25) is 6.55 Å². The highest BCUT2D eigenvalue weighted by atomic mass is 32.2. The zero-order chi connectivity index (χ0) is 19.5. The lowest BCUT2D eigenvalue weighted by Crippen LogP contribution is -2.69. The molecule has 0 bridgehead atoms. The van der Waals surface area contributed by atoms with Crippen LogP contribution in [0, 0.1) is 0 Å². The third-order valence-electron chi connectivity index (χ3n) is 6.23. The summed E-state index contributed by atoms with van der Waals surface area (Å²) >= 11 is 4.41. The van der Waals surface area contributed by atoms with Crippen LogP contribution in [0.3, 0.4) is 0 Å². The second kappa shape index (κ2) is 8.56. The van der Waals surface area contributed by atoms with Crippen molar-refractivity contribution < 1.29 is 9.47 Å². The van der Waals surface area contributed by atoms with Gasteiger partial charge in [-0.1, -0.05) is 77.6 Å². The normalized spacial score (nSPS) is 21.5. The van der Waals surface area contributed by atoms with Crippen LogP contribution < -0.4 is 10.4 Å². The Kier molecular flexibility index (Phi) is 6.28. The SMILES string of the molecule is CC1(CCC2([Si](C)(c3ccccc3)c3ccccc3)SCCCS2)OCCO1. The first-order valence-corrected chi connectivity index (χ1v) is 14.7. The second-order valence-electron chi connectivity index (χ2n) is 7.99. The van der Waals surface area contributed by atoms with Gasteiger partial charge in [0.15, 0.2) is 5.79 Å². The summed E-state index contributed by atoms with van der Waals surface area (Å²) in [5.41, 5.74) is 0. The molecule has 2 fully saturated rings. The van der Waals surface area contributed by atoms with Gasteiger partial charge < -0.3 is 9.47 Å². The average Bonchev–Trinajstić information content (AvgIpc) is 3.20. The molecule has 5 heteroatoms. The molecular weight excluding hydrogens is 400 g/mol. The molecule has 0 spiro atoms. The van der Waals surface area contributed by atoms with Crippen LogP contribution in [0.5, 0.6) is 0 Å². The van der Waals surface area contributed by atoms with E-state index in [9.17, 15) is 0 Å². The van der Waals surface area contributed by atoms with E-state index in [-0.39, 0.29) is 3.70 Å². The van der Waals surface area contributed by atoms with Gasteiger partial charge in [-0.05, 0) is 31.3 Å². The first kappa shape index (κ1) is 20.5. The van der Waals surface area contributed by atoms with E-state index in [0.29, 0.717) is 0 Å². The molecule has 0 N–H and O–H groups in total. The number of hydrogen-bond donors (Lipinski definition) is 0. The van der Waals surface area contributed by atoms with Crippen LogP contribution in [-0.2, 0) is 9.47 Å². The molecule has 2 aromatic rings. The van der Waals surface area contributed by atoms with Gasteiger partial charge in [-0.15, -0.1) is 23.5 Å². The van der Waals surface area contributed by atoms with E-state index in [1.165, 1.54) is 28.3 Å². The molecule has 0 saturated carbocycles. The van der Waals surface area contributed by atoms with Crippen LogP contribution in [0.4, 0.5) is 0 Å². The maximum Gasteiger partial charge on any atom is 0.165 e. The second-order valence-corrected chi connectivity index (χ2v) is 16.0. The minimum absolute atomic E-state index is 0.187. The molecule has 2 aliphatic rings. The van der Waals surface area contributed by atoms with Gasteiger partial charge in [0, 0.05) is 6.42 Å². The molecule has 0 atom stereocenters.